The minimum atomic E-state index is -0.148. The first kappa shape index (κ1) is 17.6. The van der Waals surface area contributed by atoms with E-state index >= 15 is 0 Å². The molecule has 1 N–H and O–H groups in total. The van der Waals surface area contributed by atoms with Crippen molar-refractivity contribution in [3.8, 4) is 0 Å². The van der Waals surface area contributed by atoms with E-state index in [1.54, 1.807) is 9.80 Å². The molecule has 2 aromatic rings. The zero-order valence-corrected chi connectivity index (χ0v) is 15.9. The third-order valence-electron chi connectivity index (χ3n) is 5.46. The first-order chi connectivity index (χ1) is 13.0. The van der Waals surface area contributed by atoms with E-state index in [4.69, 9.17) is 0 Å². The average molecular weight is 363 g/mol. The minimum Gasteiger partial charge on any atom is -0.331 e. The molecule has 140 valence electrons. The van der Waals surface area contributed by atoms with Gasteiger partial charge in [-0.2, -0.15) is 0 Å². The lowest BCUT2D eigenvalue weighted by atomic mass is 10.1. The Hall–Kier alpha value is -2.82. The Kier molecular flexibility index (Phi) is 4.60. The van der Waals surface area contributed by atoms with E-state index in [0.29, 0.717) is 13.1 Å². The zero-order chi connectivity index (χ0) is 19.0. The minimum absolute atomic E-state index is 0.0341. The first-order valence-corrected chi connectivity index (χ1v) is 9.53. The molecule has 1 unspecified atom stereocenters. The molecule has 0 saturated carbocycles. The topological polar surface area (TPSA) is 52.6 Å². The van der Waals surface area contributed by atoms with E-state index in [0.717, 1.165) is 29.7 Å². The molecule has 1 heterocycles. The fourth-order valence-electron chi connectivity index (χ4n) is 4.17. The van der Waals surface area contributed by atoms with Crippen LogP contribution in [0.5, 0.6) is 0 Å². The third kappa shape index (κ3) is 3.54. The molecule has 4 rings (SSSR count). The van der Waals surface area contributed by atoms with Crippen LogP contribution in [-0.2, 0) is 11.2 Å². The fourth-order valence-corrected chi connectivity index (χ4v) is 4.17. The average Bonchev–Trinajstić information content (AvgIpc) is 3.04. The van der Waals surface area contributed by atoms with Crippen molar-refractivity contribution in [1.29, 1.82) is 0 Å². The van der Waals surface area contributed by atoms with E-state index in [-0.39, 0.29) is 24.5 Å². The molecule has 2 aliphatic rings. The van der Waals surface area contributed by atoms with Gasteiger partial charge in [0.25, 0.3) is 0 Å². The summed E-state index contributed by atoms with van der Waals surface area (Å²) < 4.78 is 0. The van der Waals surface area contributed by atoms with Crippen molar-refractivity contribution in [2.75, 3.05) is 24.5 Å². The van der Waals surface area contributed by atoms with Gasteiger partial charge in [-0.25, -0.2) is 4.79 Å². The number of rotatable bonds is 2. The van der Waals surface area contributed by atoms with Crippen LogP contribution in [-0.4, -0.2) is 36.5 Å². The molecule has 27 heavy (non-hydrogen) atoms. The van der Waals surface area contributed by atoms with Crippen LogP contribution >= 0.6 is 0 Å². The molecular formula is C22H25N3O2. The second kappa shape index (κ2) is 7.06. The smallest absolute Gasteiger partial charge is 0.318 e. The zero-order valence-electron chi connectivity index (χ0n) is 15.9. The molecular weight excluding hydrogens is 338 g/mol. The first-order valence-electron chi connectivity index (χ1n) is 9.53. The summed E-state index contributed by atoms with van der Waals surface area (Å²) in [7, 11) is 0. The molecule has 5 heteroatoms. The van der Waals surface area contributed by atoms with Crippen LogP contribution in [0.3, 0.4) is 0 Å². The van der Waals surface area contributed by atoms with E-state index in [1.165, 1.54) is 11.1 Å². The summed E-state index contributed by atoms with van der Waals surface area (Å²) in [4.78, 5) is 28.8. The largest absolute Gasteiger partial charge is 0.331 e. The highest BCUT2D eigenvalue weighted by Gasteiger charge is 2.31. The van der Waals surface area contributed by atoms with E-state index < -0.39 is 0 Å². The van der Waals surface area contributed by atoms with Crippen molar-refractivity contribution in [3.63, 3.8) is 0 Å². The molecule has 0 spiro atoms. The van der Waals surface area contributed by atoms with E-state index in [9.17, 15) is 9.59 Å². The lowest BCUT2D eigenvalue weighted by Gasteiger charge is -2.35. The number of anilines is 1. The van der Waals surface area contributed by atoms with Crippen LogP contribution in [0.1, 0.15) is 34.7 Å². The quantitative estimate of drug-likeness (QED) is 0.890. The molecule has 5 nitrogen and oxygen atoms in total. The van der Waals surface area contributed by atoms with Crippen molar-refractivity contribution in [1.82, 2.24) is 10.2 Å². The number of nitrogens with one attached hydrogen (secondary N) is 1. The Balaban J connectivity index is 1.41. The molecule has 1 fully saturated rings. The number of piperazine rings is 1. The third-order valence-corrected chi connectivity index (χ3v) is 5.46. The Morgan fingerprint density at radius 1 is 1.07 bits per heavy atom. The summed E-state index contributed by atoms with van der Waals surface area (Å²) in [6.07, 6.45) is 1.90. The Labute approximate surface area is 160 Å². The number of carbonyl (C=O) groups is 2. The summed E-state index contributed by atoms with van der Waals surface area (Å²) in [6.45, 7) is 5.25. The molecule has 1 atom stereocenters. The number of amides is 3. The maximum atomic E-state index is 12.7. The lowest BCUT2D eigenvalue weighted by molar-refractivity contribution is -0.120. The molecule has 1 aliphatic heterocycles. The molecule has 3 amide bonds. The van der Waals surface area contributed by atoms with E-state index in [1.807, 2.05) is 38.1 Å². The van der Waals surface area contributed by atoms with Crippen LogP contribution in [0.25, 0.3) is 0 Å². The van der Waals surface area contributed by atoms with Crippen LogP contribution in [0.4, 0.5) is 10.5 Å². The molecule has 0 radical (unpaired) electrons. The maximum Gasteiger partial charge on any atom is 0.318 e. The molecule has 0 aromatic heterocycles. The van der Waals surface area contributed by atoms with Gasteiger partial charge in [-0.15, -0.1) is 0 Å². The summed E-state index contributed by atoms with van der Waals surface area (Å²) in [6, 6.07) is 14.3. The lowest BCUT2D eigenvalue weighted by Crippen LogP contribution is -2.55. The van der Waals surface area contributed by atoms with Gasteiger partial charge in [0.2, 0.25) is 5.91 Å². The number of hydrogen-bond acceptors (Lipinski definition) is 2. The van der Waals surface area contributed by atoms with Gasteiger partial charge in [0.15, 0.2) is 0 Å². The molecule has 0 bridgehead atoms. The number of aryl methyl sites for hydroxylation is 3. The Morgan fingerprint density at radius 3 is 2.56 bits per heavy atom. The highest BCUT2D eigenvalue weighted by atomic mass is 16.2. The van der Waals surface area contributed by atoms with Crippen molar-refractivity contribution in [2.45, 2.75) is 32.7 Å². The second-order valence-corrected chi connectivity index (χ2v) is 7.55. The second-order valence-electron chi connectivity index (χ2n) is 7.55. The van der Waals surface area contributed by atoms with Gasteiger partial charge in [-0.1, -0.05) is 30.3 Å². The van der Waals surface area contributed by atoms with Crippen LogP contribution < -0.4 is 10.2 Å². The summed E-state index contributed by atoms with van der Waals surface area (Å²) in [5, 5.41) is 3.11. The Bertz CT molecular complexity index is 873. The predicted molar refractivity (Wildman–Crippen MR) is 106 cm³/mol. The number of urea groups is 1. The van der Waals surface area contributed by atoms with Crippen LogP contribution in [0.2, 0.25) is 0 Å². The predicted octanol–water partition coefficient (Wildman–Crippen LogP) is 3.35. The SMILES string of the molecule is Cc1cc(C)cc(N2CCN(C(=O)NC3CCc4ccccc43)CC2=O)c1. The van der Waals surface area contributed by atoms with Gasteiger partial charge >= 0.3 is 6.03 Å². The van der Waals surface area contributed by atoms with Crippen molar-refractivity contribution in [2.24, 2.45) is 0 Å². The van der Waals surface area contributed by atoms with Gasteiger partial charge in [0.05, 0.1) is 6.04 Å². The number of benzene rings is 2. The number of carbonyl (C=O) groups excluding carboxylic acids is 2. The van der Waals surface area contributed by atoms with Gasteiger partial charge in [-0.05, 0) is 61.1 Å². The van der Waals surface area contributed by atoms with Crippen LogP contribution in [0.15, 0.2) is 42.5 Å². The monoisotopic (exact) mass is 363 g/mol. The number of fused-ring (bicyclic) bond motifs is 1. The van der Waals surface area contributed by atoms with Crippen molar-refractivity contribution < 1.29 is 9.59 Å². The van der Waals surface area contributed by atoms with Crippen molar-refractivity contribution >= 4 is 17.6 Å². The van der Waals surface area contributed by atoms with Gasteiger partial charge < -0.3 is 15.1 Å². The molecule has 1 saturated heterocycles. The van der Waals surface area contributed by atoms with Crippen molar-refractivity contribution in [3.05, 3.63) is 64.7 Å². The number of hydrogen-bond donors (Lipinski definition) is 1. The van der Waals surface area contributed by atoms with Gasteiger partial charge in [-0.3, -0.25) is 4.79 Å². The summed E-state index contributed by atoms with van der Waals surface area (Å²) >= 11 is 0. The fraction of sp³-hybridized carbons (Fsp3) is 0.364. The molecule has 1 aliphatic carbocycles. The number of nitrogens with zero attached hydrogens (tertiary/aromatic N) is 2. The van der Waals surface area contributed by atoms with Gasteiger partial charge in [0, 0.05) is 18.8 Å². The highest BCUT2D eigenvalue weighted by Crippen LogP contribution is 2.31. The maximum absolute atomic E-state index is 12.7. The summed E-state index contributed by atoms with van der Waals surface area (Å²) in [5.41, 5.74) is 5.70. The normalized spacial score (nSPS) is 19.2. The Morgan fingerprint density at radius 2 is 1.81 bits per heavy atom. The van der Waals surface area contributed by atoms with Crippen LogP contribution in [0, 0.1) is 13.8 Å². The standard InChI is InChI=1S/C22H25N3O2/c1-15-11-16(2)13-18(12-15)25-10-9-24(14-21(25)26)22(27)23-20-8-7-17-5-3-4-6-19(17)20/h3-6,11-13,20H,7-10,14H2,1-2H3,(H,23,27). The summed E-state index contributed by atoms with van der Waals surface area (Å²) in [5.74, 6) is -0.0341. The van der Waals surface area contributed by atoms with Gasteiger partial charge in [0.1, 0.15) is 6.54 Å². The van der Waals surface area contributed by atoms with E-state index in [2.05, 4.69) is 23.5 Å². The molecule has 2 aromatic carbocycles. The highest BCUT2D eigenvalue weighted by molar-refractivity contribution is 5.98.